The van der Waals surface area contributed by atoms with Gasteiger partial charge in [-0.3, -0.25) is 9.69 Å². The Morgan fingerprint density at radius 2 is 2.05 bits per heavy atom. The van der Waals surface area contributed by atoms with Crippen LogP contribution < -0.4 is 14.4 Å². The van der Waals surface area contributed by atoms with Gasteiger partial charge in [0.1, 0.15) is 0 Å². The molecule has 1 amide bonds. The molecule has 3 rings (SSSR count). The summed E-state index contributed by atoms with van der Waals surface area (Å²) in [4.78, 5) is 24.7. The zero-order valence-corrected chi connectivity index (χ0v) is 11.1. The number of ether oxygens (including phenoxy) is 3. The smallest absolute Gasteiger partial charge is 0.333 e. The number of methoxy groups -OCH3 is 2. The van der Waals surface area contributed by atoms with E-state index in [0.717, 1.165) is 0 Å². The third-order valence-electron chi connectivity index (χ3n) is 3.41. The van der Waals surface area contributed by atoms with Crippen molar-refractivity contribution in [3.63, 3.8) is 0 Å². The van der Waals surface area contributed by atoms with Crippen LogP contribution in [0.5, 0.6) is 11.5 Å². The fourth-order valence-electron chi connectivity index (χ4n) is 2.53. The van der Waals surface area contributed by atoms with Crippen molar-refractivity contribution in [2.24, 2.45) is 0 Å². The Balaban J connectivity index is 2.06. The van der Waals surface area contributed by atoms with E-state index in [1.54, 1.807) is 24.3 Å². The van der Waals surface area contributed by atoms with Gasteiger partial charge in [-0.25, -0.2) is 4.79 Å². The van der Waals surface area contributed by atoms with E-state index >= 15 is 0 Å². The molecule has 1 aromatic rings. The van der Waals surface area contributed by atoms with Crippen molar-refractivity contribution in [2.45, 2.75) is 12.1 Å². The Hall–Kier alpha value is -2.50. The minimum atomic E-state index is -1.02. The summed E-state index contributed by atoms with van der Waals surface area (Å²) in [7, 11) is 3.01. The maximum atomic E-state index is 12.0. The van der Waals surface area contributed by atoms with Crippen LogP contribution in [0.1, 0.15) is 6.42 Å². The van der Waals surface area contributed by atoms with Crippen molar-refractivity contribution in [3.05, 3.63) is 30.4 Å². The van der Waals surface area contributed by atoms with Crippen molar-refractivity contribution in [1.82, 2.24) is 0 Å². The summed E-state index contributed by atoms with van der Waals surface area (Å²) < 4.78 is 15.8. The fourth-order valence-corrected chi connectivity index (χ4v) is 2.53. The molecule has 0 saturated carbocycles. The van der Waals surface area contributed by atoms with E-state index in [4.69, 9.17) is 14.2 Å². The van der Waals surface area contributed by atoms with Crippen LogP contribution >= 0.6 is 0 Å². The maximum Gasteiger partial charge on any atom is 0.333 e. The van der Waals surface area contributed by atoms with Crippen molar-refractivity contribution >= 4 is 17.6 Å². The lowest BCUT2D eigenvalue weighted by molar-refractivity contribution is -0.156. The summed E-state index contributed by atoms with van der Waals surface area (Å²) in [6.07, 6.45) is 3.05. The number of rotatable bonds is 3. The highest BCUT2D eigenvalue weighted by Crippen LogP contribution is 2.47. The molecule has 1 atom stereocenters. The van der Waals surface area contributed by atoms with E-state index in [-0.39, 0.29) is 12.3 Å². The highest BCUT2D eigenvalue weighted by molar-refractivity contribution is 6.06. The van der Waals surface area contributed by atoms with E-state index in [9.17, 15) is 9.59 Å². The Kier molecular flexibility index (Phi) is 2.67. The quantitative estimate of drug-likeness (QED) is 0.613. The number of hydrogen-bond acceptors (Lipinski definition) is 5. The number of benzene rings is 1. The average molecular weight is 275 g/mol. The van der Waals surface area contributed by atoms with Gasteiger partial charge in [0.25, 0.3) is 0 Å². The van der Waals surface area contributed by atoms with Gasteiger partial charge in [-0.05, 0) is 18.2 Å². The Morgan fingerprint density at radius 1 is 1.25 bits per heavy atom. The van der Waals surface area contributed by atoms with E-state index in [1.807, 2.05) is 0 Å². The molecule has 2 heterocycles. The second kappa shape index (κ2) is 4.26. The Morgan fingerprint density at radius 3 is 2.60 bits per heavy atom. The molecule has 0 aliphatic carbocycles. The lowest BCUT2D eigenvalue weighted by Gasteiger charge is -2.46. The van der Waals surface area contributed by atoms with Crippen LogP contribution in [0.15, 0.2) is 30.4 Å². The second-order valence-corrected chi connectivity index (χ2v) is 4.52. The molecule has 1 aromatic carbocycles. The van der Waals surface area contributed by atoms with Crippen molar-refractivity contribution < 1.29 is 23.8 Å². The number of nitrogens with zero attached hydrogens (tertiary/aromatic N) is 1. The van der Waals surface area contributed by atoms with Crippen LogP contribution in [-0.2, 0) is 14.3 Å². The number of carbonyl (C=O) groups is 2. The van der Waals surface area contributed by atoms with Crippen LogP contribution in [0.25, 0.3) is 0 Å². The van der Waals surface area contributed by atoms with Crippen LogP contribution in [-0.4, -0.2) is 31.8 Å². The molecule has 1 spiro atoms. The van der Waals surface area contributed by atoms with Gasteiger partial charge in [-0.2, -0.15) is 0 Å². The SMILES string of the molecule is COc1cccc(N2C(=O)CC23C=CC(=O)O3)c1OC. The number of amides is 1. The lowest BCUT2D eigenvalue weighted by atomic mass is 9.95. The normalized spacial score (nSPS) is 23.8. The summed E-state index contributed by atoms with van der Waals surface area (Å²) >= 11 is 0. The molecular formula is C14H13NO5. The van der Waals surface area contributed by atoms with Gasteiger partial charge >= 0.3 is 5.97 Å². The van der Waals surface area contributed by atoms with Gasteiger partial charge in [0.2, 0.25) is 11.6 Å². The van der Waals surface area contributed by atoms with Gasteiger partial charge in [0, 0.05) is 6.08 Å². The minimum absolute atomic E-state index is 0.135. The molecule has 2 aliphatic heterocycles. The number of hydrogen-bond donors (Lipinski definition) is 0. The first-order chi connectivity index (χ1) is 9.61. The molecule has 104 valence electrons. The van der Waals surface area contributed by atoms with Crippen LogP contribution in [0.2, 0.25) is 0 Å². The summed E-state index contributed by atoms with van der Waals surface area (Å²) in [5.74, 6) is 0.340. The molecule has 0 radical (unpaired) electrons. The van der Waals surface area contributed by atoms with Gasteiger partial charge in [-0.1, -0.05) is 6.07 Å². The predicted molar refractivity (Wildman–Crippen MR) is 69.6 cm³/mol. The lowest BCUT2D eigenvalue weighted by Crippen LogP contribution is -2.63. The van der Waals surface area contributed by atoms with Crippen LogP contribution in [0.4, 0.5) is 5.69 Å². The Labute approximate surface area is 115 Å². The molecule has 0 aromatic heterocycles. The van der Waals surface area contributed by atoms with Crippen LogP contribution in [0, 0.1) is 0 Å². The van der Waals surface area contributed by atoms with Gasteiger partial charge in [0.15, 0.2) is 11.5 Å². The van der Waals surface area contributed by atoms with E-state index < -0.39 is 11.7 Å². The topological polar surface area (TPSA) is 65.1 Å². The number of anilines is 1. The zero-order chi connectivity index (χ0) is 14.3. The predicted octanol–water partition coefficient (Wildman–Crippen LogP) is 1.25. The van der Waals surface area contributed by atoms with Gasteiger partial charge in [0.05, 0.1) is 26.3 Å². The molecule has 20 heavy (non-hydrogen) atoms. The molecule has 1 fully saturated rings. The molecule has 6 nitrogen and oxygen atoms in total. The molecule has 0 bridgehead atoms. The first-order valence-electron chi connectivity index (χ1n) is 6.07. The molecule has 0 N–H and O–H groups in total. The third kappa shape index (κ3) is 1.57. The Bertz CT molecular complexity index is 624. The molecule has 1 unspecified atom stereocenters. The highest BCUT2D eigenvalue weighted by Gasteiger charge is 2.56. The van der Waals surface area contributed by atoms with Crippen molar-refractivity contribution in [3.8, 4) is 11.5 Å². The van der Waals surface area contributed by atoms with E-state index in [1.165, 1.54) is 25.2 Å². The highest BCUT2D eigenvalue weighted by atomic mass is 16.6. The number of esters is 1. The third-order valence-corrected chi connectivity index (χ3v) is 3.41. The number of carbonyl (C=O) groups excluding carboxylic acids is 2. The maximum absolute atomic E-state index is 12.0. The van der Waals surface area contributed by atoms with Gasteiger partial charge < -0.3 is 14.2 Å². The number of para-hydroxylation sites is 1. The van der Waals surface area contributed by atoms with E-state index in [2.05, 4.69) is 0 Å². The first-order valence-corrected chi connectivity index (χ1v) is 6.07. The van der Waals surface area contributed by atoms with Gasteiger partial charge in [-0.15, -0.1) is 0 Å². The molecular weight excluding hydrogens is 262 g/mol. The largest absolute Gasteiger partial charge is 0.493 e. The minimum Gasteiger partial charge on any atom is -0.493 e. The van der Waals surface area contributed by atoms with Crippen molar-refractivity contribution in [1.29, 1.82) is 0 Å². The first kappa shape index (κ1) is 12.5. The molecule has 2 aliphatic rings. The standard InChI is InChI=1S/C14H13NO5/c1-18-10-5-3-4-9(13(10)19-2)15-11(16)8-14(15)7-6-12(17)20-14/h3-7H,8H2,1-2H3. The second-order valence-electron chi connectivity index (χ2n) is 4.52. The van der Waals surface area contributed by atoms with Crippen LogP contribution in [0.3, 0.4) is 0 Å². The summed E-state index contributed by atoms with van der Waals surface area (Å²) in [6.45, 7) is 0. The van der Waals surface area contributed by atoms with Crippen molar-refractivity contribution in [2.75, 3.05) is 19.1 Å². The van der Waals surface area contributed by atoms with E-state index in [0.29, 0.717) is 17.2 Å². The monoisotopic (exact) mass is 275 g/mol. The zero-order valence-electron chi connectivity index (χ0n) is 11.1. The fraction of sp³-hybridized carbons (Fsp3) is 0.286. The summed E-state index contributed by atoms with van der Waals surface area (Å²) in [5, 5.41) is 0. The summed E-state index contributed by atoms with van der Waals surface area (Å²) in [5.41, 5.74) is -0.504. The summed E-state index contributed by atoms with van der Waals surface area (Å²) in [6, 6.07) is 5.20. The number of β-lactam (4-membered cyclic amide) rings is 1. The average Bonchev–Trinajstić information content (AvgIpc) is 2.81. The molecule has 6 heteroatoms. The molecule has 1 saturated heterocycles.